The van der Waals surface area contributed by atoms with Gasteiger partial charge in [-0.3, -0.25) is 4.90 Å². The van der Waals surface area contributed by atoms with Crippen LogP contribution in [0.15, 0.2) is 18.2 Å². The monoisotopic (exact) mass is 261 g/mol. The molecule has 2 atom stereocenters. The summed E-state index contributed by atoms with van der Waals surface area (Å²) < 4.78 is 5.77. The zero-order chi connectivity index (χ0) is 13.2. The fourth-order valence-electron chi connectivity index (χ4n) is 3.49. The van der Waals surface area contributed by atoms with Gasteiger partial charge in [0.1, 0.15) is 5.75 Å². The zero-order valence-electron chi connectivity index (χ0n) is 11.6. The third-order valence-corrected chi connectivity index (χ3v) is 4.48. The van der Waals surface area contributed by atoms with E-state index in [4.69, 9.17) is 4.74 Å². The van der Waals surface area contributed by atoms with E-state index in [0.717, 1.165) is 26.1 Å². The van der Waals surface area contributed by atoms with Gasteiger partial charge in [-0.25, -0.2) is 0 Å². The van der Waals surface area contributed by atoms with Crippen molar-refractivity contribution in [3.8, 4) is 5.75 Å². The topological polar surface area (TPSA) is 32.7 Å². The van der Waals surface area contributed by atoms with Gasteiger partial charge >= 0.3 is 0 Å². The van der Waals surface area contributed by atoms with E-state index in [-0.39, 0.29) is 0 Å². The Morgan fingerprint density at radius 3 is 3.00 bits per heavy atom. The first-order valence-electron chi connectivity index (χ1n) is 7.45. The quantitative estimate of drug-likeness (QED) is 0.904. The van der Waals surface area contributed by atoms with Crippen molar-refractivity contribution in [2.24, 2.45) is 0 Å². The Labute approximate surface area is 115 Å². The molecule has 0 aromatic heterocycles. The second kappa shape index (κ2) is 5.51. The highest BCUT2D eigenvalue weighted by Gasteiger charge is 2.29. The van der Waals surface area contributed by atoms with E-state index in [1.807, 2.05) is 12.1 Å². The first-order valence-corrected chi connectivity index (χ1v) is 7.45. The number of aromatic hydroxyl groups is 1. The van der Waals surface area contributed by atoms with Crippen molar-refractivity contribution in [3.05, 3.63) is 29.3 Å². The number of likely N-dealkylation sites (N-methyl/N-ethyl adjacent to an activating group) is 1. The smallest absolute Gasteiger partial charge is 0.115 e. The number of hydrogen-bond donors (Lipinski definition) is 1. The standard InChI is InChI=1S/C16H23NO2/c1-2-17(11-14-4-3-9-19-14)16-8-5-12-10-13(18)6-7-15(12)16/h6-7,10,14,16,18H,2-5,8-9,11H2,1H3. The summed E-state index contributed by atoms with van der Waals surface area (Å²) in [4.78, 5) is 2.54. The molecule has 3 nitrogen and oxygen atoms in total. The Bertz CT molecular complexity index is 440. The lowest BCUT2D eigenvalue weighted by Gasteiger charge is -2.30. The van der Waals surface area contributed by atoms with Gasteiger partial charge in [0.15, 0.2) is 0 Å². The molecule has 1 aliphatic carbocycles. The van der Waals surface area contributed by atoms with Crippen LogP contribution < -0.4 is 0 Å². The van der Waals surface area contributed by atoms with Crippen molar-refractivity contribution in [1.82, 2.24) is 4.90 Å². The minimum atomic E-state index is 0.390. The SMILES string of the molecule is CCN(CC1CCCO1)C1CCc2cc(O)ccc21. The van der Waals surface area contributed by atoms with Crippen molar-refractivity contribution in [1.29, 1.82) is 0 Å². The summed E-state index contributed by atoms with van der Waals surface area (Å²) in [5.41, 5.74) is 2.72. The number of nitrogens with zero attached hydrogens (tertiary/aromatic N) is 1. The lowest BCUT2D eigenvalue weighted by molar-refractivity contribution is 0.0590. The van der Waals surface area contributed by atoms with Gasteiger partial charge in [-0.1, -0.05) is 13.0 Å². The molecule has 1 fully saturated rings. The van der Waals surface area contributed by atoms with Crippen LogP contribution >= 0.6 is 0 Å². The van der Waals surface area contributed by atoms with Crippen LogP contribution in [0.1, 0.15) is 43.4 Å². The van der Waals surface area contributed by atoms with Crippen molar-refractivity contribution in [2.75, 3.05) is 19.7 Å². The van der Waals surface area contributed by atoms with Gasteiger partial charge < -0.3 is 9.84 Å². The van der Waals surface area contributed by atoms with Crippen molar-refractivity contribution < 1.29 is 9.84 Å². The number of fused-ring (bicyclic) bond motifs is 1. The summed E-state index contributed by atoms with van der Waals surface area (Å²) >= 11 is 0. The minimum Gasteiger partial charge on any atom is -0.508 e. The van der Waals surface area contributed by atoms with Gasteiger partial charge in [0.05, 0.1) is 6.10 Å². The maximum atomic E-state index is 9.57. The molecule has 2 unspecified atom stereocenters. The van der Waals surface area contributed by atoms with Crippen LogP contribution in [0.5, 0.6) is 5.75 Å². The molecule has 0 bridgehead atoms. The Morgan fingerprint density at radius 2 is 2.26 bits per heavy atom. The van der Waals surface area contributed by atoms with Crippen LogP contribution in [-0.4, -0.2) is 35.8 Å². The summed E-state index contributed by atoms with van der Waals surface area (Å²) in [5.74, 6) is 0.390. The molecule has 0 amide bonds. The molecule has 104 valence electrons. The van der Waals surface area contributed by atoms with E-state index < -0.39 is 0 Å². The molecule has 1 aliphatic heterocycles. The maximum Gasteiger partial charge on any atom is 0.115 e. The number of phenols is 1. The summed E-state index contributed by atoms with van der Waals surface area (Å²) in [7, 11) is 0. The molecule has 3 rings (SSSR count). The van der Waals surface area contributed by atoms with Crippen LogP contribution in [0.2, 0.25) is 0 Å². The van der Waals surface area contributed by atoms with E-state index in [0.29, 0.717) is 17.9 Å². The van der Waals surface area contributed by atoms with E-state index in [2.05, 4.69) is 17.9 Å². The van der Waals surface area contributed by atoms with E-state index in [1.54, 1.807) is 0 Å². The zero-order valence-corrected chi connectivity index (χ0v) is 11.6. The molecule has 1 aromatic rings. The first-order chi connectivity index (χ1) is 9.28. The molecule has 1 aromatic carbocycles. The van der Waals surface area contributed by atoms with Crippen molar-refractivity contribution in [3.63, 3.8) is 0 Å². The average Bonchev–Trinajstić information content (AvgIpc) is 3.04. The van der Waals surface area contributed by atoms with E-state index in [9.17, 15) is 5.11 Å². The van der Waals surface area contributed by atoms with Gasteiger partial charge in [-0.2, -0.15) is 0 Å². The van der Waals surface area contributed by atoms with Gasteiger partial charge in [0.25, 0.3) is 0 Å². The molecular weight excluding hydrogens is 238 g/mol. The first kappa shape index (κ1) is 12.9. The van der Waals surface area contributed by atoms with Crippen LogP contribution in [0.25, 0.3) is 0 Å². The number of rotatable bonds is 4. The Balaban J connectivity index is 1.74. The van der Waals surface area contributed by atoms with Crippen molar-refractivity contribution >= 4 is 0 Å². The highest BCUT2D eigenvalue weighted by atomic mass is 16.5. The second-order valence-corrected chi connectivity index (χ2v) is 5.66. The summed E-state index contributed by atoms with van der Waals surface area (Å²) in [5, 5.41) is 9.57. The van der Waals surface area contributed by atoms with Crippen LogP contribution in [0.3, 0.4) is 0 Å². The number of phenolic OH excluding ortho intramolecular Hbond substituents is 1. The van der Waals surface area contributed by atoms with Gasteiger partial charge in [-0.15, -0.1) is 0 Å². The fraction of sp³-hybridized carbons (Fsp3) is 0.625. The minimum absolute atomic E-state index is 0.390. The molecule has 19 heavy (non-hydrogen) atoms. The van der Waals surface area contributed by atoms with Crippen molar-refractivity contribution in [2.45, 2.75) is 44.8 Å². The molecule has 3 heteroatoms. The molecule has 1 heterocycles. The highest BCUT2D eigenvalue weighted by Crippen LogP contribution is 2.37. The van der Waals surface area contributed by atoms with Gasteiger partial charge in [-0.05, 0) is 55.5 Å². The van der Waals surface area contributed by atoms with Gasteiger partial charge in [0.2, 0.25) is 0 Å². The summed E-state index contributed by atoms with van der Waals surface area (Å²) in [6.45, 7) is 5.26. The average molecular weight is 261 g/mol. The third kappa shape index (κ3) is 2.63. The van der Waals surface area contributed by atoms with Crippen LogP contribution in [0.4, 0.5) is 0 Å². The number of aryl methyl sites for hydroxylation is 1. The molecule has 0 spiro atoms. The fourth-order valence-corrected chi connectivity index (χ4v) is 3.49. The van der Waals surface area contributed by atoms with E-state index in [1.165, 1.54) is 30.4 Å². The summed E-state index contributed by atoms with van der Waals surface area (Å²) in [6, 6.07) is 6.34. The van der Waals surface area contributed by atoms with Crippen LogP contribution in [-0.2, 0) is 11.2 Å². The molecule has 1 saturated heterocycles. The predicted octanol–water partition coefficient (Wildman–Crippen LogP) is 2.88. The maximum absolute atomic E-state index is 9.57. The Kier molecular flexibility index (Phi) is 3.76. The lowest BCUT2D eigenvalue weighted by Crippen LogP contribution is -2.34. The largest absolute Gasteiger partial charge is 0.508 e. The molecule has 0 saturated carbocycles. The Morgan fingerprint density at radius 1 is 1.37 bits per heavy atom. The second-order valence-electron chi connectivity index (χ2n) is 5.66. The molecular formula is C16H23NO2. The Hall–Kier alpha value is -1.06. The number of hydrogen-bond acceptors (Lipinski definition) is 3. The van der Waals surface area contributed by atoms with E-state index >= 15 is 0 Å². The molecule has 1 N–H and O–H groups in total. The summed E-state index contributed by atoms with van der Waals surface area (Å²) in [6.07, 6.45) is 5.07. The predicted molar refractivity (Wildman–Crippen MR) is 75.4 cm³/mol. The number of benzene rings is 1. The van der Waals surface area contributed by atoms with Gasteiger partial charge in [0, 0.05) is 19.2 Å². The normalized spacial score (nSPS) is 26.0. The van der Waals surface area contributed by atoms with Crippen LogP contribution in [0, 0.1) is 0 Å². The number of ether oxygens (including phenoxy) is 1. The highest BCUT2D eigenvalue weighted by molar-refractivity contribution is 5.40. The molecule has 0 radical (unpaired) electrons. The lowest BCUT2D eigenvalue weighted by atomic mass is 10.1. The molecule has 2 aliphatic rings. The third-order valence-electron chi connectivity index (χ3n) is 4.48.